The molecule has 0 amide bonds. The fraction of sp³-hybridized carbons (Fsp3) is 0.412. The molecule has 1 aromatic heterocycles. The van der Waals surface area contributed by atoms with Crippen LogP contribution in [0.3, 0.4) is 0 Å². The number of hydrogen-bond acceptors (Lipinski definition) is 4. The third kappa shape index (κ3) is 3.22. The Bertz CT molecular complexity index is 627. The Labute approximate surface area is 125 Å². The van der Waals surface area contributed by atoms with E-state index in [0.717, 1.165) is 43.2 Å². The van der Waals surface area contributed by atoms with Gasteiger partial charge in [0.25, 0.3) is 0 Å². The molecule has 0 N–H and O–H groups in total. The predicted octanol–water partition coefficient (Wildman–Crippen LogP) is 2.74. The number of aryl methyl sites for hydroxylation is 1. The third-order valence-electron chi connectivity index (χ3n) is 3.81. The van der Waals surface area contributed by atoms with E-state index in [1.165, 1.54) is 11.1 Å². The Morgan fingerprint density at radius 3 is 3.00 bits per heavy atom. The van der Waals surface area contributed by atoms with Gasteiger partial charge in [-0.3, -0.25) is 4.90 Å². The average Bonchev–Trinajstić information content (AvgIpc) is 2.48. The quantitative estimate of drug-likeness (QED) is 0.865. The summed E-state index contributed by atoms with van der Waals surface area (Å²) >= 11 is 0. The van der Waals surface area contributed by atoms with Crippen molar-refractivity contribution in [2.24, 2.45) is 0 Å². The summed E-state index contributed by atoms with van der Waals surface area (Å²) in [7, 11) is 0. The highest BCUT2D eigenvalue weighted by Crippen LogP contribution is 2.25. The van der Waals surface area contributed by atoms with Gasteiger partial charge in [-0.1, -0.05) is 29.8 Å². The average molecular weight is 283 g/mol. The van der Waals surface area contributed by atoms with Crippen molar-refractivity contribution in [1.82, 2.24) is 14.9 Å². The van der Waals surface area contributed by atoms with Crippen LogP contribution in [0.4, 0.5) is 0 Å². The van der Waals surface area contributed by atoms with Crippen LogP contribution in [0.5, 0.6) is 5.88 Å². The van der Waals surface area contributed by atoms with E-state index in [2.05, 4.69) is 46.1 Å². The van der Waals surface area contributed by atoms with Gasteiger partial charge in [0, 0.05) is 31.6 Å². The first-order chi connectivity index (χ1) is 10.3. The van der Waals surface area contributed by atoms with Gasteiger partial charge >= 0.3 is 0 Å². The molecule has 1 aliphatic rings. The molecule has 0 radical (unpaired) electrons. The van der Waals surface area contributed by atoms with Gasteiger partial charge in [-0.2, -0.15) is 0 Å². The van der Waals surface area contributed by atoms with Crippen LogP contribution in [0, 0.1) is 6.92 Å². The molecule has 0 saturated carbocycles. The summed E-state index contributed by atoms with van der Waals surface area (Å²) in [4.78, 5) is 11.1. The number of aromatic nitrogens is 2. The summed E-state index contributed by atoms with van der Waals surface area (Å²) in [6.07, 6.45) is 2.57. The Kier molecular flexibility index (Phi) is 4.15. The maximum absolute atomic E-state index is 5.64. The molecule has 0 bridgehead atoms. The van der Waals surface area contributed by atoms with E-state index in [1.807, 2.05) is 6.92 Å². The fourth-order valence-electron chi connectivity index (χ4n) is 2.84. The number of nitrogens with zero attached hydrogens (tertiary/aromatic N) is 3. The zero-order chi connectivity index (χ0) is 14.7. The molecule has 3 rings (SSSR count). The second-order valence-corrected chi connectivity index (χ2v) is 5.49. The minimum atomic E-state index is 0.640. The summed E-state index contributed by atoms with van der Waals surface area (Å²) in [5.74, 6) is 0.747. The van der Waals surface area contributed by atoms with Crippen molar-refractivity contribution in [3.05, 3.63) is 53.0 Å². The van der Waals surface area contributed by atoms with Crippen LogP contribution in [-0.2, 0) is 19.5 Å². The van der Waals surface area contributed by atoms with Crippen LogP contribution in [0.2, 0.25) is 0 Å². The molecule has 1 aromatic carbocycles. The monoisotopic (exact) mass is 283 g/mol. The molecule has 2 heterocycles. The Morgan fingerprint density at radius 1 is 1.29 bits per heavy atom. The highest BCUT2D eigenvalue weighted by Gasteiger charge is 2.21. The third-order valence-corrected chi connectivity index (χ3v) is 3.81. The minimum absolute atomic E-state index is 0.640. The van der Waals surface area contributed by atoms with Gasteiger partial charge in [0.1, 0.15) is 6.33 Å². The highest BCUT2D eigenvalue weighted by atomic mass is 16.5. The van der Waals surface area contributed by atoms with Gasteiger partial charge in [-0.05, 0) is 19.4 Å². The largest absolute Gasteiger partial charge is 0.478 e. The molecule has 4 nitrogen and oxygen atoms in total. The van der Waals surface area contributed by atoms with Gasteiger partial charge in [-0.25, -0.2) is 9.97 Å². The summed E-state index contributed by atoms with van der Waals surface area (Å²) < 4.78 is 5.64. The Balaban J connectivity index is 1.77. The van der Waals surface area contributed by atoms with E-state index >= 15 is 0 Å². The van der Waals surface area contributed by atoms with Crippen LogP contribution >= 0.6 is 0 Å². The van der Waals surface area contributed by atoms with E-state index in [1.54, 1.807) is 6.33 Å². The molecule has 4 heteroatoms. The number of fused-ring (bicyclic) bond motifs is 1. The zero-order valence-electron chi connectivity index (χ0n) is 12.7. The van der Waals surface area contributed by atoms with Gasteiger partial charge in [0.15, 0.2) is 0 Å². The van der Waals surface area contributed by atoms with Crippen LogP contribution < -0.4 is 4.74 Å². The van der Waals surface area contributed by atoms with E-state index in [0.29, 0.717) is 6.61 Å². The first kappa shape index (κ1) is 14.0. The Morgan fingerprint density at radius 2 is 2.19 bits per heavy atom. The fourth-order valence-corrected chi connectivity index (χ4v) is 2.84. The summed E-state index contributed by atoms with van der Waals surface area (Å²) in [5.41, 5.74) is 4.95. The van der Waals surface area contributed by atoms with E-state index in [4.69, 9.17) is 4.74 Å². The summed E-state index contributed by atoms with van der Waals surface area (Å²) in [6, 6.07) is 8.70. The van der Waals surface area contributed by atoms with Gasteiger partial charge in [0.05, 0.1) is 12.3 Å². The van der Waals surface area contributed by atoms with Crippen molar-refractivity contribution in [2.75, 3.05) is 13.2 Å². The number of rotatable bonds is 4. The lowest BCUT2D eigenvalue weighted by molar-refractivity contribution is 0.231. The lowest BCUT2D eigenvalue weighted by Crippen LogP contribution is -2.31. The molecule has 0 spiro atoms. The number of ether oxygens (including phenoxy) is 1. The SMILES string of the molecule is CCOc1ncnc2c1CN(Cc1cccc(C)c1)CC2. The van der Waals surface area contributed by atoms with Gasteiger partial charge < -0.3 is 4.74 Å². The predicted molar refractivity (Wildman–Crippen MR) is 82.2 cm³/mol. The molecule has 0 atom stereocenters. The number of benzene rings is 1. The molecule has 2 aromatic rings. The Hall–Kier alpha value is -1.94. The summed E-state index contributed by atoms with van der Waals surface area (Å²) in [5, 5.41) is 0. The second kappa shape index (κ2) is 6.22. The van der Waals surface area contributed by atoms with Crippen molar-refractivity contribution >= 4 is 0 Å². The number of hydrogen-bond donors (Lipinski definition) is 0. The smallest absolute Gasteiger partial charge is 0.221 e. The zero-order valence-corrected chi connectivity index (χ0v) is 12.7. The van der Waals surface area contributed by atoms with Crippen molar-refractivity contribution in [2.45, 2.75) is 33.4 Å². The summed E-state index contributed by atoms with van der Waals surface area (Å²) in [6.45, 7) is 7.61. The lowest BCUT2D eigenvalue weighted by atomic mass is 10.1. The molecule has 0 fully saturated rings. The van der Waals surface area contributed by atoms with E-state index in [9.17, 15) is 0 Å². The molecule has 0 unspecified atom stereocenters. The van der Waals surface area contributed by atoms with Crippen LogP contribution in [0.15, 0.2) is 30.6 Å². The molecule has 0 saturated heterocycles. The molecular weight excluding hydrogens is 262 g/mol. The van der Waals surface area contributed by atoms with E-state index in [-0.39, 0.29) is 0 Å². The van der Waals surface area contributed by atoms with Crippen molar-refractivity contribution < 1.29 is 4.74 Å². The van der Waals surface area contributed by atoms with Crippen molar-refractivity contribution in [1.29, 1.82) is 0 Å². The van der Waals surface area contributed by atoms with Crippen LogP contribution in [0.25, 0.3) is 0 Å². The second-order valence-electron chi connectivity index (χ2n) is 5.49. The van der Waals surface area contributed by atoms with Crippen molar-refractivity contribution in [3.63, 3.8) is 0 Å². The first-order valence-electron chi connectivity index (χ1n) is 7.49. The van der Waals surface area contributed by atoms with Crippen LogP contribution in [-0.4, -0.2) is 28.0 Å². The normalized spacial score (nSPS) is 14.8. The maximum atomic E-state index is 5.64. The van der Waals surface area contributed by atoms with Crippen LogP contribution in [0.1, 0.15) is 29.3 Å². The first-order valence-corrected chi connectivity index (χ1v) is 7.49. The molecule has 1 aliphatic heterocycles. The topological polar surface area (TPSA) is 38.3 Å². The standard InChI is InChI=1S/C17H21N3O/c1-3-21-17-15-11-20(8-7-16(15)18-12-19-17)10-14-6-4-5-13(2)9-14/h4-6,9,12H,3,7-8,10-11H2,1-2H3. The lowest BCUT2D eigenvalue weighted by Gasteiger charge is -2.28. The highest BCUT2D eigenvalue weighted by molar-refractivity contribution is 5.32. The molecule has 110 valence electrons. The molecule has 0 aliphatic carbocycles. The maximum Gasteiger partial charge on any atom is 0.221 e. The molecule has 21 heavy (non-hydrogen) atoms. The minimum Gasteiger partial charge on any atom is -0.478 e. The van der Waals surface area contributed by atoms with Gasteiger partial charge in [0.2, 0.25) is 5.88 Å². The molecular formula is C17H21N3O. The van der Waals surface area contributed by atoms with Gasteiger partial charge in [-0.15, -0.1) is 0 Å². The van der Waals surface area contributed by atoms with E-state index < -0.39 is 0 Å². The van der Waals surface area contributed by atoms with Crippen molar-refractivity contribution in [3.8, 4) is 5.88 Å².